The molecule has 0 spiro atoms. The van der Waals surface area contributed by atoms with Crippen LogP contribution < -0.4 is 15.5 Å². The van der Waals surface area contributed by atoms with E-state index >= 15 is 0 Å². The molecule has 0 bridgehead atoms. The molecule has 3 N–H and O–H groups in total. The van der Waals surface area contributed by atoms with Crippen molar-refractivity contribution >= 4 is 28.4 Å². The summed E-state index contributed by atoms with van der Waals surface area (Å²) in [5.41, 5.74) is 12.2. The quantitative estimate of drug-likeness (QED) is 0.385. The maximum atomic E-state index is 11.6. The van der Waals surface area contributed by atoms with Gasteiger partial charge in [-0.25, -0.2) is 9.97 Å². The van der Waals surface area contributed by atoms with E-state index in [1.165, 1.54) is 16.5 Å². The summed E-state index contributed by atoms with van der Waals surface area (Å²) in [7, 11) is 2.02. The average Bonchev–Trinajstić information content (AvgIpc) is 3.51. The molecule has 40 heavy (non-hydrogen) atoms. The molecule has 5 heterocycles. The molecule has 1 saturated heterocycles. The number of hydrogen-bond acceptors (Lipinski definition) is 7. The zero-order valence-electron chi connectivity index (χ0n) is 24.1. The molecule has 1 amide bonds. The van der Waals surface area contributed by atoms with Crippen LogP contribution in [0.15, 0.2) is 30.5 Å². The van der Waals surface area contributed by atoms with Gasteiger partial charge in [-0.2, -0.15) is 5.10 Å². The van der Waals surface area contributed by atoms with Crippen molar-refractivity contribution in [2.45, 2.75) is 52.6 Å². The Morgan fingerprint density at radius 3 is 2.73 bits per heavy atom. The Kier molecular flexibility index (Phi) is 6.74. The number of hydrogen-bond donors (Lipinski definition) is 2. The van der Waals surface area contributed by atoms with Crippen molar-refractivity contribution in [2.24, 2.45) is 12.8 Å². The minimum atomic E-state index is -0.287. The molecule has 3 aromatic heterocycles. The second-order valence-electron chi connectivity index (χ2n) is 11.6. The van der Waals surface area contributed by atoms with Crippen LogP contribution in [0.1, 0.15) is 49.2 Å². The number of rotatable bonds is 6. The van der Waals surface area contributed by atoms with Crippen LogP contribution in [0.4, 0.5) is 11.6 Å². The lowest BCUT2D eigenvalue weighted by molar-refractivity contribution is -0.119. The van der Waals surface area contributed by atoms with Gasteiger partial charge in [0.15, 0.2) is 5.82 Å². The highest BCUT2D eigenvalue weighted by Gasteiger charge is 2.31. The number of aromatic amines is 1. The maximum Gasteiger partial charge on any atom is 0.231 e. The Hall–Kier alpha value is -3.92. The molecule has 6 rings (SSSR count). The third-order valence-corrected chi connectivity index (χ3v) is 8.40. The number of aromatic nitrogens is 5. The molecule has 1 atom stereocenters. The number of anilines is 2. The first-order valence-corrected chi connectivity index (χ1v) is 14.2. The molecule has 0 aliphatic carbocycles. The molecular weight excluding hydrogens is 502 g/mol. The number of piperazine rings is 1. The number of primary amides is 1. The molecule has 0 saturated carbocycles. The summed E-state index contributed by atoms with van der Waals surface area (Å²) in [5.74, 6) is 2.97. The van der Waals surface area contributed by atoms with E-state index < -0.39 is 0 Å². The van der Waals surface area contributed by atoms with Gasteiger partial charge in [0.1, 0.15) is 11.6 Å². The second-order valence-corrected chi connectivity index (χ2v) is 11.6. The molecule has 210 valence electrons. The molecule has 0 unspecified atom stereocenters. The van der Waals surface area contributed by atoms with Gasteiger partial charge in [0, 0.05) is 86.5 Å². The summed E-state index contributed by atoms with van der Waals surface area (Å²) < 4.78 is 2.00. The summed E-state index contributed by atoms with van der Waals surface area (Å²) in [4.78, 5) is 32.5. The number of fused-ring (bicyclic) bond motifs is 2. The topological polar surface area (TPSA) is 112 Å². The third-order valence-electron chi connectivity index (χ3n) is 8.40. The normalized spacial score (nSPS) is 18.1. The maximum absolute atomic E-state index is 11.6. The number of benzene rings is 1. The lowest BCUT2D eigenvalue weighted by atomic mass is 10.0. The molecule has 0 radical (unpaired) electrons. The van der Waals surface area contributed by atoms with Crippen molar-refractivity contribution in [1.29, 1.82) is 0 Å². The van der Waals surface area contributed by atoms with Crippen LogP contribution in [0, 0.1) is 6.92 Å². The molecule has 1 fully saturated rings. The van der Waals surface area contributed by atoms with Crippen molar-refractivity contribution in [1.82, 2.24) is 29.6 Å². The number of nitrogens with zero attached hydrogens (tertiary/aromatic N) is 7. The Bertz CT molecular complexity index is 1570. The van der Waals surface area contributed by atoms with Gasteiger partial charge >= 0.3 is 0 Å². The van der Waals surface area contributed by atoms with Gasteiger partial charge in [0.05, 0.1) is 17.9 Å². The molecule has 10 nitrogen and oxygen atoms in total. The van der Waals surface area contributed by atoms with E-state index in [1.807, 2.05) is 17.9 Å². The number of nitrogens with one attached hydrogen (secondary N) is 1. The van der Waals surface area contributed by atoms with Gasteiger partial charge in [-0.05, 0) is 31.4 Å². The van der Waals surface area contributed by atoms with E-state index in [0.717, 1.165) is 79.1 Å². The van der Waals surface area contributed by atoms with Gasteiger partial charge < -0.3 is 20.5 Å². The molecular formula is C30H39N9O. The van der Waals surface area contributed by atoms with E-state index in [1.54, 1.807) is 0 Å². The van der Waals surface area contributed by atoms with Gasteiger partial charge in [0.25, 0.3) is 0 Å². The van der Waals surface area contributed by atoms with Crippen LogP contribution in [0.5, 0.6) is 0 Å². The van der Waals surface area contributed by atoms with Crippen LogP contribution in [-0.4, -0.2) is 74.3 Å². The number of amides is 1. The first-order valence-electron chi connectivity index (χ1n) is 14.2. The smallest absolute Gasteiger partial charge is 0.231 e. The summed E-state index contributed by atoms with van der Waals surface area (Å²) in [6.45, 7) is 12.8. The van der Waals surface area contributed by atoms with Crippen LogP contribution in [0.3, 0.4) is 0 Å². The van der Waals surface area contributed by atoms with Gasteiger partial charge in [0.2, 0.25) is 5.91 Å². The average molecular weight is 542 g/mol. The van der Waals surface area contributed by atoms with Crippen molar-refractivity contribution in [3.63, 3.8) is 0 Å². The number of carbonyl (C=O) groups is 1. The van der Waals surface area contributed by atoms with E-state index in [2.05, 4.69) is 71.6 Å². The zero-order chi connectivity index (χ0) is 28.1. The fourth-order valence-corrected chi connectivity index (χ4v) is 6.20. The lowest BCUT2D eigenvalue weighted by Crippen LogP contribution is -2.54. The third kappa shape index (κ3) is 4.70. The summed E-state index contributed by atoms with van der Waals surface area (Å²) in [6, 6.07) is 8.68. The molecule has 2 aliphatic rings. The molecule has 10 heteroatoms. The van der Waals surface area contributed by atoms with Gasteiger partial charge in [-0.1, -0.05) is 26.0 Å². The number of aryl methyl sites for hydroxylation is 2. The summed E-state index contributed by atoms with van der Waals surface area (Å²) in [5, 5.41) is 5.94. The van der Waals surface area contributed by atoms with Crippen molar-refractivity contribution < 1.29 is 4.79 Å². The van der Waals surface area contributed by atoms with Crippen molar-refractivity contribution in [2.75, 3.05) is 42.5 Å². The van der Waals surface area contributed by atoms with E-state index in [-0.39, 0.29) is 18.5 Å². The van der Waals surface area contributed by atoms with Crippen molar-refractivity contribution in [3.8, 4) is 11.4 Å². The number of carbonyl (C=O) groups excluding carboxylic acids is 1. The minimum absolute atomic E-state index is 0.177. The highest BCUT2D eigenvalue weighted by atomic mass is 16.1. The Morgan fingerprint density at radius 2 is 2.00 bits per heavy atom. The van der Waals surface area contributed by atoms with Crippen molar-refractivity contribution in [3.05, 3.63) is 53.0 Å². The van der Waals surface area contributed by atoms with E-state index in [4.69, 9.17) is 20.8 Å². The summed E-state index contributed by atoms with van der Waals surface area (Å²) >= 11 is 0. The highest BCUT2D eigenvalue weighted by molar-refractivity contribution is 5.96. The monoisotopic (exact) mass is 541 g/mol. The second kappa shape index (κ2) is 10.2. The first kappa shape index (κ1) is 26.3. The SMILES string of the molecule is Cc1c[nH]c2cccc(-c3nc4c(c(N5CCN(CC(N)=O)[C@H](C)C5)n3)CN(c3cc(C(C)C)nn3C)CC4)c12. The predicted octanol–water partition coefficient (Wildman–Crippen LogP) is 3.35. The van der Waals surface area contributed by atoms with E-state index in [0.29, 0.717) is 5.92 Å². The standard InChI is InChI=1S/C30H39N9O/c1-18(2)25-13-27(36(5)35-25)38-10-9-23-22(16-38)30(39-12-11-37(17-26(31)40)20(4)15-39)34-29(33-23)21-7-6-8-24-28(21)19(3)14-32-24/h6-8,13-14,18,20,32H,9-12,15-17H2,1-5H3,(H2,31,40)/t20-/m1/s1. The predicted molar refractivity (Wildman–Crippen MR) is 159 cm³/mol. The van der Waals surface area contributed by atoms with Crippen LogP contribution in [0.2, 0.25) is 0 Å². The Labute approximate surface area is 235 Å². The minimum Gasteiger partial charge on any atom is -0.369 e. The molecule has 4 aromatic rings. The highest BCUT2D eigenvalue weighted by Crippen LogP contribution is 2.35. The Balaban J connectivity index is 1.42. The fraction of sp³-hybridized carbons (Fsp3) is 0.467. The largest absolute Gasteiger partial charge is 0.369 e. The molecule has 2 aliphatic heterocycles. The summed E-state index contributed by atoms with van der Waals surface area (Å²) in [6.07, 6.45) is 2.88. The molecule has 1 aromatic carbocycles. The van der Waals surface area contributed by atoms with Crippen LogP contribution >= 0.6 is 0 Å². The van der Waals surface area contributed by atoms with Gasteiger partial charge in [-0.15, -0.1) is 0 Å². The zero-order valence-corrected chi connectivity index (χ0v) is 24.1. The van der Waals surface area contributed by atoms with Gasteiger partial charge in [-0.3, -0.25) is 14.4 Å². The Morgan fingerprint density at radius 1 is 1.18 bits per heavy atom. The van der Waals surface area contributed by atoms with E-state index in [9.17, 15) is 4.79 Å². The fourth-order valence-electron chi connectivity index (χ4n) is 6.20. The number of nitrogens with two attached hydrogens (primary N) is 1. The van der Waals surface area contributed by atoms with Crippen LogP contribution in [-0.2, 0) is 24.8 Å². The lowest BCUT2D eigenvalue weighted by Gasteiger charge is -2.41. The number of H-pyrrole nitrogens is 1. The van der Waals surface area contributed by atoms with Crippen LogP contribution in [0.25, 0.3) is 22.3 Å². The first-order chi connectivity index (χ1) is 19.2.